The number of hydrogen-bond acceptors (Lipinski definition) is 8. The fraction of sp³-hybridized carbons (Fsp3) is 0.278. The van der Waals surface area contributed by atoms with Crippen LogP contribution >= 0.6 is 0 Å². The van der Waals surface area contributed by atoms with Gasteiger partial charge in [-0.05, 0) is 6.07 Å². The van der Waals surface area contributed by atoms with Crippen LogP contribution in [0, 0.1) is 11.6 Å². The van der Waals surface area contributed by atoms with Crippen LogP contribution in [0.4, 0.5) is 20.5 Å². The maximum absolute atomic E-state index is 14.9. The fourth-order valence-corrected chi connectivity index (χ4v) is 2.69. The number of aromatic nitrogens is 3. The van der Waals surface area contributed by atoms with Crippen molar-refractivity contribution in [1.29, 1.82) is 0 Å². The number of anilines is 2. The molecule has 0 amide bonds. The third-order valence-electron chi connectivity index (χ3n) is 4.01. The number of nitrogen functional groups attached to an aromatic ring is 1. The lowest BCUT2D eigenvalue weighted by Gasteiger charge is -2.14. The minimum Gasteiger partial charge on any atom is -0.494 e. The Hall–Kier alpha value is -3.27. The van der Waals surface area contributed by atoms with Gasteiger partial charge in [-0.3, -0.25) is 0 Å². The SMILES string of the molecule is COCCNc1nc(-c2c(F)c(OC)cc(OC)c2F)cc2cnc(N)nc12. The average Bonchev–Trinajstić information content (AvgIpc) is 2.69. The van der Waals surface area contributed by atoms with Crippen LogP contribution in [0.3, 0.4) is 0 Å². The van der Waals surface area contributed by atoms with E-state index in [9.17, 15) is 8.78 Å². The van der Waals surface area contributed by atoms with Crippen molar-refractivity contribution in [1.82, 2.24) is 15.0 Å². The summed E-state index contributed by atoms with van der Waals surface area (Å²) >= 11 is 0. The van der Waals surface area contributed by atoms with Gasteiger partial charge in [0.25, 0.3) is 0 Å². The lowest BCUT2D eigenvalue weighted by Crippen LogP contribution is -2.11. The minimum absolute atomic E-state index is 0.0213. The Labute approximate surface area is 159 Å². The predicted molar refractivity (Wildman–Crippen MR) is 101 cm³/mol. The maximum Gasteiger partial charge on any atom is 0.220 e. The van der Waals surface area contributed by atoms with Crippen LogP contribution in [0.5, 0.6) is 11.5 Å². The molecule has 0 unspecified atom stereocenters. The number of pyridine rings is 1. The van der Waals surface area contributed by atoms with E-state index in [1.54, 1.807) is 7.11 Å². The molecular formula is C18H19F2N5O3. The first kappa shape index (κ1) is 19.5. The van der Waals surface area contributed by atoms with Crippen molar-refractivity contribution < 1.29 is 23.0 Å². The first-order chi connectivity index (χ1) is 13.5. The predicted octanol–water partition coefficient (Wildman–Crippen LogP) is 2.63. The van der Waals surface area contributed by atoms with Gasteiger partial charge in [0.1, 0.15) is 5.52 Å². The highest BCUT2D eigenvalue weighted by molar-refractivity contribution is 5.91. The number of hydrogen-bond donors (Lipinski definition) is 2. The lowest BCUT2D eigenvalue weighted by atomic mass is 10.1. The molecule has 0 fully saturated rings. The van der Waals surface area contributed by atoms with E-state index < -0.39 is 11.6 Å². The Bertz CT molecular complexity index is 988. The van der Waals surface area contributed by atoms with Gasteiger partial charge in [-0.1, -0.05) is 0 Å². The van der Waals surface area contributed by atoms with Gasteiger partial charge in [0.15, 0.2) is 29.0 Å². The second-order valence-corrected chi connectivity index (χ2v) is 5.73. The molecule has 3 rings (SSSR count). The molecule has 0 saturated carbocycles. The number of nitrogens with zero attached hydrogens (tertiary/aromatic N) is 3. The maximum atomic E-state index is 14.9. The molecular weight excluding hydrogens is 372 g/mol. The van der Waals surface area contributed by atoms with Gasteiger partial charge in [0.05, 0.1) is 32.1 Å². The van der Waals surface area contributed by atoms with E-state index in [1.165, 1.54) is 26.5 Å². The largest absolute Gasteiger partial charge is 0.494 e. The standard InChI is InChI=1S/C18H19F2N5O3/c1-26-5-4-22-17-16-9(8-23-18(21)25-16)6-10(24-17)13-14(19)11(27-2)7-12(28-3)15(13)20/h6-8H,4-5H2,1-3H3,(H,22,24)(H2,21,23,25). The Morgan fingerprint density at radius 2 is 1.71 bits per heavy atom. The van der Waals surface area contributed by atoms with Crippen molar-refractivity contribution in [3.05, 3.63) is 30.0 Å². The minimum atomic E-state index is -0.896. The number of methoxy groups -OCH3 is 3. The summed E-state index contributed by atoms with van der Waals surface area (Å²) in [7, 11) is 4.11. The Balaban J connectivity index is 2.25. The van der Waals surface area contributed by atoms with Gasteiger partial charge in [-0.15, -0.1) is 0 Å². The van der Waals surface area contributed by atoms with Crippen LogP contribution in [0.25, 0.3) is 22.2 Å². The van der Waals surface area contributed by atoms with Crippen molar-refractivity contribution in [3.63, 3.8) is 0 Å². The van der Waals surface area contributed by atoms with Crippen molar-refractivity contribution in [2.24, 2.45) is 0 Å². The van der Waals surface area contributed by atoms with Crippen LogP contribution in [-0.4, -0.2) is 49.4 Å². The number of nitrogens with one attached hydrogen (secondary N) is 1. The van der Waals surface area contributed by atoms with Gasteiger partial charge in [-0.25, -0.2) is 23.7 Å². The van der Waals surface area contributed by atoms with Crippen LogP contribution < -0.4 is 20.5 Å². The average molecular weight is 391 g/mol. The first-order valence-electron chi connectivity index (χ1n) is 8.26. The molecule has 2 heterocycles. The van der Waals surface area contributed by atoms with Gasteiger partial charge < -0.3 is 25.3 Å². The van der Waals surface area contributed by atoms with Crippen LogP contribution in [-0.2, 0) is 4.74 Å². The quantitative estimate of drug-likeness (QED) is 0.593. The van der Waals surface area contributed by atoms with Crippen molar-refractivity contribution in [2.75, 3.05) is 45.5 Å². The molecule has 148 valence electrons. The highest BCUT2D eigenvalue weighted by atomic mass is 19.1. The van der Waals surface area contributed by atoms with E-state index in [2.05, 4.69) is 20.3 Å². The van der Waals surface area contributed by atoms with Crippen LogP contribution in [0.15, 0.2) is 18.3 Å². The Morgan fingerprint density at radius 3 is 2.32 bits per heavy atom. The van der Waals surface area contributed by atoms with E-state index in [0.29, 0.717) is 29.9 Å². The Morgan fingerprint density at radius 1 is 1.04 bits per heavy atom. The van der Waals surface area contributed by atoms with Gasteiger partial charge in [0, 0.05) is 31.3 Å². The highest BCUT2D eigenvalue weighted by Gasteiger charge is 2.23. The van der Waals surface area contributed by atoms with Crippen LogP contribution in [0.2, 0.25) is 0 Å². The second kappa shape index (κ2) is 8.17. The number of benzene rings is 1. The fourth-order valence-electron chi connectivity index (χ4n) is 2.69. The van der Waals surface area contributed by atoms with E-state index in [1.807, 2.05) is 0 Å². The molecule has 0 atom stereocenters. The third kappa shape index (κ3) is 3.58. The molecule has 0 spiro atoms. The molecule has 1 aromatic carbocycles. The van der Waals surface area contributed by atoms with E-state index in [0.717, 1.165) is 6.07 Å². The van der Waals surface area contributed by atoms with E-state index >= 15 is 0 Å². The normalized spacial score (nSPS) is 10.9. The zero-order valence-electron chi connectivity index (χ0n) is 15.5. The van der Waals surface area contributed by atoms with Crippen molar-refractivity contribution in [3.8, 4) is 22.8 Å². The Kier molecular flexibility index (Phi) is 5.69. The summed E-state index contributed by atoms with van der Waals surface area (Å²) in [4.78, 5) is 12.5. The zero-order valence-corrected chi connectivity index (χ0v) is 15.5. The first-order valence-corrected chi connectivity index (χ1v) is 8.26. The van der Waals surface area contributed by atoms with Gasteiger partial charge >= 0.3 is 0 Å². The summed E-state index contributed by atoms with van der Waals surface area (Å²) in [5.74, 6) is -1.79. The summed E-state index contributed by atoms with van der Waals surface area (Å²) in [5.41, 5.74) is 5.72. The molecule has 2 aromatic heterocycles. The molecule has 10 heteroatoms. The second-order valence-electron chi connectivity index (χ2n) is 5.73. The molecule has 3 aromatic rings. The molecule has 0 saturated heterocycles. The highest BCUT2D eigenvalue weighted by Crippen LogP contribution is 2.38. The molecule has 0 aliphatic heterocycles. The van der Waals surface area contributed by atoms with Crippen molar-refractivity contribution >= 4 is 22.7 Å². The molecule has 28 heavy (non-hydrogen) atoms. The molecule has 3 N–H and O–H groups in total. The molecule has 0 aliphatic rings. The zero-order chi connectivity index (χ0) is 20.3. The molecule has 0 aliphatic carbocycles. The van der Waals surface area contributed by atoms with Crippen molar-refractivity contribution in [2.45, 2.75) is 0 Å². The monoisotopic (exact) mass is 391 g/mol. The van der Waals surface area contributed by atoms with Gasteiger partial charge in [0.2, 0.25) is 5.95 Å². The molecule has 8 nitrogen and oxygen atoms in total. The van der Waals surface area contributed by atoms with Crippen LogP contribution in [0.1, 0.15) is 0 Å². The lowest BCUT2D eigenvalue weighted by molar-refractivity contribution is 0.210. The number of rotatable bonds is 7. The van der Waals surface area contributed by atoms with Gasteiger partial charge in [-0.2, -0.15) is 0 Å². The summed E-state index contributed by atoms with van der Waals surface area (Å²) in [6.07, 6.45) is 1.46. The third-order valence-corrected chi connectivity index (χ3v) is 4.01. The van der Waals surface area contributed by atoms with E-state index in [4.69, 9.17) is 19.9 Å². The molecule has 0 bridgehead atoms. The topological polar surface area (TPSA) is 104 Å². The number of nitrogens with two attached hydrogens (primary N) is 1. The summed E-state index contributed by atoms with van der Waals surface area (Å²) in [5, 5.41) is 3.53. The van der Waals surface area contributed by atoms with E-state index in [-0.39, 0.29) is 28.7 Å². The number of halogens is 2. The number of fused-ring (bicyclic) bond motifs is 1. The summed E-state index contributed by atoms with van der Waals surface area (Å²) in [6.45, 7) is 0.794. The number of ether oxygens (including phenoxy) is 3. The summed E-state index contributed by atoms with van der Waals surface area (Å²) < 4.78 is 44.8. The molecule has 0 radical (unpaired) electrons. The summed E-state index contributed by atoms with van der Waals surface area (Å²) in [6, 6.07) is 2.60. The smallest absolute Gasteiger partial charge is 0.220 e.